The van der Waals surface area contributed by atoms with Crippen LogP contribution in [0.5, 0.6) is 11.5 Å². The predicted molar refractivity (Wildman–Crippen MR) is 103 cm³/mol. The largest absolute Gasteiger partial charge is 0.497 e. The van der Waals surface area contributed by atoms with Crippen molar-refractivity contribution in [2.24, 2.45) is 4.99 Å². The molecule has 0 saturated carbocycles. The molecule has 0 unspecified atom stereocenters. The van der Waals surface area contributed by atoms with E-state index in [0.717, 1.165) is 44.9 Å². The van der Waals surface area contributed by atoms with Gasteiger partial charge >= 0.3 is 0 Å². The molecule has 2 aromatic carbocycles. The van der Waals surface area contributed by atoms with E-state index in [9.17, 15) is 0 Å². The summed E-state index contributed by atoms with van der Waals surface area (Å²) in [7, 11) is 3.29. The monoisotopic (exact) mass is 361 g/mol. The minimum absolute atomic E-state index is 0.450. The Morgan fingerprint density at radius 1 is 0.889 bits per heavy atom. The molecule has 0 N–H and O–H groups in total. The van der Waals surface area contributed by atoms with Gasteiger partial charge in [0.25, 0.3) is 0 Å². The molecular weight excluding hydrogens is 342 g/mol. The number of nitrogens with zero attached hydrogens (tertiary/aromatic N) is 1. The Morgan fingerprint density at radius 3 is 2.37 bits per heavy atom. The maximum Gasteiger partial charge on any atom is 0.137 e. The summed E-state index contributed by atoms with van der Waals surface area (Å²) in [5, 5.41) is 1.70. The third-order valence-corrected chi connectivity index (χ3v) is 4.31. The van der Waals surface area contributed by atoms with Crippen molar-refractivity contribution in [3.8, 4) is 22.8 Å². The Kier molecular flexibility index (Phi) is 4.66. The third-order valence-electron chi connectivity index (χ3n) is 4.31. The summed E-state index contributed by atoms with van der Waals surface area (Å²) in [6.07, 6.45) is 1.65. The molecule has 27 heavy (non-hydrogen) atoms. The van der Waals surface area contributed by atoms with E-state index in [1.165, 1.54) is 0 Å². The first kappa shape index (κ1) is 17.0. The van der Waals surface area contributed by atoms with Crippen molar-refractivity contribution in [3.05, 3.63) is 78.0 Å². The van der Waals surface area contributed by atoms with Gasteiger partial charge in [-0.15, -0.1) is 0 Å². The van der Waals surface area contributed by atoms with Gasteiger partial charge < -0.3 is 18.3 Å². The highest BCUT2D eigenvalue weighted by molar-refractivity contribution is 5.80. The minimum Gasteiger partial charge on any atom is -0.497 e. The van der Waals surface area contributed by atoms with Gasteiger partial charge in [-0.25, -0.2) is 0 Å². The highest BCUT2D eigenvalue weighted by Crippen LogP contribution is 2.26. The maximum absolute atomic E-state index is 6.12. The lowest BCUT2D eigenvalue weighted by Gasteiger charge is -2.07. The molecule has 0 radical (unpaired) electrons. The molecule has 0 aliphatic carbocycles. The van der Waals surface area contributed by atoms with Crippen molar-refractivity contribution in [1.82, 2.24) is 0 Å². The highest BCUT2D eigenvalue weighted by Gasteiger charge is 2.08. The van der Waals surface area contributed by atoms with Gasteiger partial charge in [-0.1, -0.05) is 0 Å². The zero-order valence-electron chi connectivity index (χ0n) is 15.1. The van der Waals surface area contributed by atoms with Gasteiger partial charge in [0.05, 0.1) is 32.4 Å². The number of methoxy groups -OCH3 is 2. The van der Waals surface area contributed by atoms with E-state index in [2.05, 4.69) is 0 Å². The summed E-state index contributed by atoms with van der Waals surface area (Å²) in [5.74, 6) is 3.09. The molecule has 5 heteroatoms. The van der Waals surface area contributed by atoms with Crippen LogP contribution in [0.2, 0.25) is 0 Å². The second kappa shape index (κ2) is 7.41. The topological polar surface area (TPSA) is 57.1 Å². The molecule has 4 aromatic rings. The molecule has 0 spiro atoms. The number of hydrogen-bond acceptors (Lipinski definition) is 5. The zero-order valence-corrected chi connectivity index (χ0v) is 15.1. The van der Waals surface area contributed by atoms with E-state index in [1.807, 2.05) is 60.7 Å². The van der Waals surface area contributed by atoms with Crippen LogP contribution in [0.3, 0.4) is 0 Å². The van der Waals surface area contributed by atoms with Crippen LogP contribution in [0.4, 0.5) is 0 Å². The first-order valence-corrected chi connectivity index (χ1v) is 8.56. The fraction of sp³-hybridized carbons (Fsp3) is 0.136. The number of furan rings is 1. The smallest absolute Gasteiger partial charge is 0.137 e. The molecular formula is C22H19NO4. The lowest BCUT2D eigenvalue weighted by atomic mass is 10.1. The number of ether oxygens (including phenoxy) is 2. The quantitative estimate of drug-likeness (QED) is 0.512. The van der Waals surface area contributed by atoms with E-state index >= 15 is 0 Å². The van der Waals surface area contributed by atoms with Gasteiger partial charge in [0, 0.05) is 17.0 Å². The number of fused-ring (bicyclic) bond motifs is 1. The van der Waals surface area contributed by atoms with Crippen LogP contribution < -0.4 is 14.8 Å². The number of rotatable bonds is 5. The number of benzene rings is 2. The SMILES string of the molecule is COc1ccc(-c2cc(=NCc3ccco3)c3cc(OC)ccc3o2)cc1. The summed E-state index contributed by atoms with van der Waals surface area (Å²) < 4.78 is 22.1. The van der Waals surface area contributed by atoms with Crippen LogP contribution in [0.15, 0.2) is 80.8 Å². The van der Waals surface area contributed by atoms with Crippen LogP contribution >= 0.6 is 0 Å². The van der Waals surface area contributed by atoms with Crippen LogP contribution in [0, 0.1) is 0 Å². The Hall–Kier alpha value is -3.47. The van der Waals surface area contributed by atoms with Crippen molar-refractivity contribution in [3.63, 3.8) is 0 Å². The molecule has 136 valence electrons. The van der Waals surface area contributed by atoms with Crippen molar-refractivity contribution >= 4 is 11.0 Å². The van der Waals surface area contributed by atoms with Gasteiger partial charge in [-0.05, 0) is 54.6 Å². The number of hydrogen-bond donors (Lipinski definition) is 0. The molecule has 0 fully saturated rings. The second-order valence-electron chi connectivity index (χ2n) is 5.98. The van der Waals surface area contributed by atoms with Gasteiger partial charge in [0.2, 0.25) is 0 Å². The first-order valence-electron chi connectivity index (χ1n) is 8.56. The lowest BCUT2D eigenvalue weighted by molar-refractivity contribution is 0.414. The lowest BCUT2D eigenvalue weighted by Crippen LogP contribution is -2.05. The van der Waals surface area contributed by atoms with E-state index in [4.69, 9.17) is 23.3 Å². The second-order valence-corrected chi connectivity index (χ2v) is 5.98. The van der Waals surface area contributed by atoms with Crippen molar-refractivity contribution < 1.29 is 18.3 Å². The molecule has 2 heterocycles. The molecule has 4 rings (SSSR count). The summed E-state index contributed by atoms with van der Waals surface area (Å²) in [6.45, 7) is 0.450. The van der Waals surface area contributed by atoms with Gasteiger partial charge in [-0.3, -0.25) is 4.99 Å². The Bertz CT molecular complexity index is 1110. The molecule has 5 nitrogen and oxygen atoms in total. The van der Waals surface area contributed by atoms with Crippen molar-refractivity contribution in [2.75, 3.05) is 14.2 Å². The summed E-state index contributed by atoms with van der Waals surface area (Å²) in [5.41, 5.74) is 1.69. The minimum atomic E-state index is 0.450. The van der Waals surface area contributed by atoms with Crippen LogP contribution in [0.1, 0.15) is 5.76 Å². The van der Waals surface area contributed by atoms with E-state index in [0.29, 0.717) is 6.54 Å². The van der Waals surface area contributed by atoms with Crippen LogP contribution in [0.25, 0.3) is 22.3 Å². The van der Waals surface area contributed by atoms with Crippen molar-refractivity contribution in [1.29, 1.82) is 0 Å². The average molecular weight is 361 g/mol. The fourth-order valence-electron chi connectivity index (χ4n) is 2.87. The first-order chi connectivity index (χ1) is 13.3. The summed E-state index contributed by atoms with van der Waals surface area (Å²) in [4.78, 5) is 4.74. The molecule has 0 amide bonds. The van der Waals surface area contributed by atoms with E-state index in [1.54, 1.807) is 20.5 Å². The highest BCUT2D eigenvalue weighted by atomic mass is 16.5. The molecule has 2 aromatic heterocycles. The van der Waals surface area contributed by atoms with Gasteiger partial charge in [0.1, 0.15) is 28.6 Å². The average Bonchev–Trinajstić information content (AvgIpc) is 3.25. The molecule has 0 bridgehead atoms. The fourth-order valence-corrected chi connectivity index (χ4v) is 2.87. The zero-order chi connectivity index (χ0) is 18.6. The Labute approximate surface area is 156 Å². The van der Waals surface area contributed by atoms with Crippen LogP contribution in [-0.4, -0.2) is 14.2 Å². The summed E-state index contributed by atoms with van der Waals surface area (Å²) >= 11 is 0. The Balaban J connectivity index is 1.86. The van der Waals surface area contributed by atoms with Gasteiger partial charge in [-0.2, -0.15) is 0 Å². The van der Waals surface area contributed by atoms with Crippen LogP contribution in [-0.2, 0) is 6.54 Å². The summed E-state index contributed by atoms with van der Waals surface area (Å²) in [6, 6.07) is 19.1. The van der Waals surface area contributed by atoms with Crippen molar-refractivity contribution in [2.45, 2.75) is 6.54 Å². The maximum atomic E-state index is 6.12. The Morgan fingerprint density at radius 2 is 1.67 bits per heavy atom. The van der Waals surface area contributed by atoms with E-state index < -0.39 is 0 Å². The molecule has 0 saturated heterocycles. The third kappa shape index (κ3) is 3.58. The molecule has 0 atom stereocenters. The normalized spacial score (nSPS) is 11.7. The van der Waals surface area contributed by atoms with Gasteiger partial charge in [0.15, 0.2) is 0 Å². The predicted octanol–water partition coefficient (Wildman–Crippen LogP) is 4.81. The van der Waals surface area contributed by atoms with E-state index in [-0.39, 0.29) is 0 Å². The standard InChI is InChI=1S/C22H19NO4/c1-24-16-7-5-15(6-8-16)22-13-20(23-14-18-4-3-11-26-18)19-12-17(25-2)9-10-21(19)27-22/h3-13H,14H2,1-2H3. The molecule has 0 aliphatic heterocycles. The molecule has 0 aliphatic rings.